The molecule has 1 nitrogen and oxygen atoms in total. The summed E-state index contributed by atoms with van der Waals surface area (Å²) < 4.78 is 14.9. The van der Waals surface area contributed by atoms with Gasteiger partial charge in [-0.15, -0.1) is 0 Å². The van der Waals surface area contributed by atoms with Crippen LogP contribution in [-0.2, 0) is 0 Å². The van der Waals surface area contributed by atoms with E-state index >= 15 is 0 Å². The molecule has 66 valence electrons. The van der Waals surface area contributed by atoms with Crippen molar-refractivity contribution in [1.29, 1.82) is 0 Å². The van der Waals surface area contributed by atoms with Gasteiger partial charge in [-0.2, -0.15) is 0 Å². The molecule has 0 atom stereocenters. The van der Waals surface area contributed by atoms with Crippen molar-refractivity contribution in [2.45, 2.75) is 0 Å². The molecular formula is C10H7ClFN. The van der Waals surface area contributed by atoms with E-state index in [1.54, 1.807) is 23.0 Å². The second kappa shape index (κ2) is 3.23. The number of benzene rings is 1. The molecule has 1 heterocycles. The van der Waals surface area contributed by atoms with Crippen LogP contribution >= 0.6 is 11.6 Å². The highest BCUT2D eigenvalue weighted by Crippen LogP contribution is 2.18. The van der Waals surface area contributed by atoms with Crippen LogP contribution in [0, 0.1) is 5.82 Å². The third kappa shape index (κ3) is 1.58. The molecule has 0 bridgehead atoms. The van der Waals surface area contributed by atoms with Crippen molar-refractivity contribution in [3.63, 3.8) is 0 Å². The van der Waals surface area contributed by atoms with Crippen LogP contribution in [0.4, 0.5) is 4.39 Å². The first-order valence-corrected chi connectivity index (χ1v) is 4.23. The maximum Gasteiger partial charge on any atom is 0.147 e. The maximum atomic E-state index is 13.3. The lowest BCUT2D eigenvalue weighted by Gasteiger charge is -2.04. The van der Waals surface area contributed by atoms with Crippen LogP contribution in [0.5, 0.6) is 0 Å². The van der Waals surface area contributed by atoms with Crippen molar-refractivity contribution in [2.75, 3.05) is 0 Å². The Morgan fingerprint density at radius 2 is 1.85 bits per heavy atom. The highest BCUT2D eigenvalue weighted by molar-refractivity contribution is 6.30. The standard InChI is InChI=1S/C10H7ClFN/c11-8-3-4-9(12)10(7-8)13-5-1-2-6-13/h1-7H. The van der Waals surface area contributed by atoms with Crippen LogP contribution in [0.25, 0.3) is 5.69 Å². The molecule has 0 aliphatic rings. The Bertz CT molecular complexity index is 409. The minimum Gasteiger partial charge on any atom is -0.321 e. The topological polar surface area (TPSA) is 4.93 Å². The van der Waals surface area contributed by atoms with E-state index in [-0.39, 0.29) is 5.82 Å². The van der Waals surface area contributed by atoms with Crippen molar-refractivity contribution in [3.8, 4) is 5.69 Å². The van der Waals surface area contributed by atoms with Gasteiger partial charge < -0.3 is 4.57 Å². The molecule has 0 saturated carbocycles. The van der Waals surface area contributed by atoms with E-state index in [9.17, 15) is 4.39 Å². The van der Waals surface area contributed by atoms with Gasteiger partial charge in [0.1, 0.15) is 5.82 Å². The van der Waals surface area contributed by atoms with E-state index in [0.29, 0.717) is 10.7 Å². The average molecular weight is 196 g/mol. The van der Waals surface area contributed by atoms with Crippen molar-refractivity contribution < 1.29 is 4.39 Å². The van der Waals surface area contributed by atoms with E-state index in [1.165, 1.54) is 12.1 Å². The van der Waals surface area contributed by atoms with Crippen LogP contribution in [0.3, 0.4) is 0 Å². The van der Waals surface area contributed by atoms with Crippen LogP contribution in [0.15, 0.2) is 42.7 Å². The molecule has 2 aromatic rings. The first-order chi connectivity index (χ1) is 6.27. The summed E-state index contributed by atoms with van der Waals surface area (Å²) in [5, 5.41) is 0.533. The molecule has 1 aromatic carbocycles. The molecule has 1 aromatic heterocycles. The molecule has 0 saturated heterocycles. The second-order valence-electron chi connectivity index (χ2n) is 2.69. The van der Waals surface area contributed by atoms with Crippen LogP contribution < -0.4 is 0 Å². The van der Waals surface area contributed by atoms with E-state index in [1.807, 2.05) is 12.1 Å². The normalized spacial score (nSPS) is 10.3. The monoisotopic (exact) mass is 195 g/mol. The first-order valence-electron chi connectivity index (χ1n) is 3.86. The summed E-state index contributed by atoms with van der Waals surface area (Å²) in [7, 11) is 0. The Morgan fingerprint density at radius 3 is 2.54 bits per heavy atom. The SMILES string of the molecule is Fc1ccc(Cl)cc1-n1cccc1. The second-order valence-corrected chi connectivity index (χ2v) is 3.12. The number of aromatic nitrogens is 1. The molecule has 13 heavy (non-hydrogen) atoms. The molecule has 0 unspecified atom stereocenters. The minimum absolute atomic E-state index is 0.277. The zero-order chi connectivity index (χ0) is 9.26. The molecule has 0 N–H and O–H groups in total. The summed E-state index contributed by atoms with van der Waals surface area (Å²) in [6, 6.07) is 8.15. The predicted octanol–water partition coefficient (Wildman–Crippen LogP) is 3.27. The Balaban J connectivity index is 2.57. The minimum atomic E-state index is -0.277. The van der Waals surface area contributed by atoms with Crippen LogP contribution in [0.2, 0.25) is 5.02 Å². The molecule has 0 spiro atoms. The number of hydrogen-bond acceptors (Lipinski definition) is 0. The Labute approximate surface area is 80.4 Å². The van der Waals surface area contributed by atoms with Crippen LogP contribution in [0.1, 0.15) is 0 Å². The highest BCUT2D eigenvalue weighted by atomic mass is 35.5. The lowest BCUT2D eigenvalue weighted by atomic mass is 10.3. The molecule has 0 aliphatic carbocycles. The van der Waals surface area contributed by atoms with Gasteiger partial charge in [-0.1, -0.05) is 11.6 Å². The fraction of sp³-hybridized carbons (Fsp3) is 0. The van der Waals surface area contributed by atoms with Crippen molar-refractivity contribution in [3.05, 3.63) is 53.6 Å². The van der Waals surface area contributed by atoms with Gasteiger partial charge in [-0.3, -0.25) is 0 Å². The third-order valence-electron chi connectivity index (χ3n) is 1.79. The van der Waals surface area contributed by atoms with Gasteiger partial charge in [0.15, 0.2) is 0 Å². The van der Waals surface area contributed by atoms with Gasteiger partial charge >= 0.3 is 0 Å². The Morgan fingerprint density at radius 1 is 1.15 bits per heavy atom. The predicted molar refractivity (Wildman–Crippen MR) is 50.7 cm³/mol. The number of nitrogens with zero attached hydrogens (tertiary/aromatic N) is 1. The zero-order valence-electron chi connectivity index (χ0n) is 6.74. The van der Waals surface area contributed by atoms with Crippen molar-refractivity contribution >= 4 is 11.6 Å². The molecule has 0 aliphatic heterocycles. The highest BCUT2D eigenvalue weighted by Gasteiger charge is 2.03. The molecule has 3 heteroatoms. The van der Waals surface area contributed by atoms with E-state index in [0.717, 1.165) is 0 Å². The largest absolute Gasteiger partial charge is 0.321 e. The fourth-order valence-electron chi connectivity index (χ4n) is 1.18. The lowest BCUT2D eigenvalue weighted by Crippen LogP contribution is -1.93. The van der Waals surface area contributed by atoms with Crippen LogP contribution in [-0.4, -0.2) is 4.57 Å². The van der Waals surface area contributed by atoms with Gasteiger partial charge in [0, 0.05) is 17.4 Å². The maximum absolute atomic E-state index is 13.3. The van der Waals surface area contributed by atoms with E-state index in [4.69, 9.17) is 11.6 Å². The number of hydrogen-bond donors (Lipinski definition) is 0. The number of halogens is 2. The first kappa shape index (κ1) is 8.32. The lowest BCUT2D eigenvalue weighted by molar-refractivity contribution is 0.618. The van der Waals surface area contributed by atoms with Crippen molar-refractivity contribution in [1.82, 2.24) is 4.57 Å². The molecular weight excluding hydrogens is 189 g/mol. The zero-order valence-corrected chi connectivity index (χ0v) is 7.50. The average Bonchev–Trinajstić information content (AvgIpc) is 2.61. The van der Waals surface area contributed by atoms with Gasteiger partial charge in [0.05, 0.1) is 5.69 Å². The van der Waals surface area contributed by atoms with Gasteiger partial charge in [-0.05, 0) is 30.3 Å². The summed E-state index contributed by atoms with van der Waals surface area (Å²) in [4.78, 5) is 0. The van der Waals surface area contributed by atoms with Gasteiger partial charge in [-0.25, -0.2) is 4.39 Å². The fourth-order valence-corrected chi connectivity index (χ4v) is 1.35. The summed E-state index contributed by atoms with van der Waals surface area (Å²) in [5.41, 5.74) is 0.470. The van der Waals surface area contributed by atoms with Crippen molar-refractivity contribution in [2.24, 2.45) is 0 Å². The van der Waals surface area contributed by atoms with E-state index in [2.05, 4.69) is 0 Å². The smallest absolute Gasteiger partial charge is 0.147 e. The quantitative estimate of drug-likeness (QED) is 0.658. The molecule has 0 radical (unpaired) electrons. The van der Waals surface area contributed by atoms with E-state index < -0.39 is 0 Å². The third-order valence-corrected chi connectivity index (χ3v) is 2.03. The summed E-state index contributed by atoms with van der Waals surface area (Å²) >= 11 is 5.75. The molecule has 0 fully saturated rings. The Kier molecular flexibility index (Phi) is 2.07. The summed E-state index contributed by atoms with van der Waals surface area (Å²) in [6.07, 6.45) is 3.55. The van der Waals surface area contributed by atoms with Gasteiger partial charge in [0.2, 0.25) is 0 Å². The molecule has 2 rings (SSSR count). The Hall–Kier alpha value is -1.28. The number of rotatable bonds is 1. The summed E-state index contributed by atoms with van der Waals surface area (Å²) in [5.74, 6) is -0.277. The molecule has 0 amide bonds. The van der Waals surface area contributed by atoms with Gasteiger partial charge in [0.25, 0.3) is 0 Å². The summed E-state index contributed by atoms with van der Waals surface area (Å²) in [6.45, 7) is 0.